The molecule has 6 heteroatoms. The average molecular weight is 358 g/mol. The second-order valence-electron chi connectivity index (χ2n) is 7.11. The number of amides is 2. The molecule has 0 bridgehead atoms. The highest BCUT2D eigenvalue weighted by molar-refractivity contribution is 7.21. The van der Waals surface area contributed by atoms with Gasteiger partial charge in [0.15, 0.2) is 0 Å². The van der Waals surface area contributed by atoms with Gasteiger partial charge < -0.3 is 14.5 Å². The Bertz CT molecular complexity index is 846. The lowest BCUT2D eigenvalue weighted by atomic mass is 9.95. The van der Waals surface area contributed by atoms with Crippen LogP contribution >= 0.6 is 11.3 Å². The number of nitrogens with zero attached hydrogens (tertiary/aromatic N) is 2. The molecule has 1 spiro atoms. The van der Waals surface area contributed by atoms with Crippen molar-refractivity contribution in [3.05, 3.63) is 34.7 Å². The van der Waals surface area contributed by atoms with Crippen LogP contribution in [-0.4, -0.2) is 54.1 Å². The van der Waals surface area contributed by atoms with Crippen LogP contribution in [0.4, 0.5) is 4.79 Å². The van der Waals surface area contributed by atoms with Crippen LogP contribution in [0.2, 0.25) is 0 Å². The number of fused-ring (bicyclic) bond motifs is 1. The molecule has 2 saturated heterocycles. The van der Waals surface area contributed by atoms with E-state index in [4.69, 9.17) is 4.74 Å². The zero-order valence-electron chi connectivity index (χ0n) is 14.6. The van der Waals surface area contributed by atoms with Gasteiger partial charge in [0.2, 0.25) is 0 Å². The molecule has 0 aliphatic carbocycles. The molecule has 4 rings (SSSR count). The highest BCUT2D eigenvalue weighted by Crippen LogP contribution is 2.35. The second-order valence-corrected chi connectivity index (χ2v) is 8.16. The predicted octanol–water partition coefficient (Wildman–Crippen LogP) is 3.66. The summed E-state index contributed by atoms with van der Waals surface area (Å²) < 4.78 is 6.79. The molecule has 3 heterocycles. The molecule has 1 aromatic carbocycles. The van der Waals surface area contributed by atoms with E-state index in [9.17, 15) is 9.59 Å². The Hall–Kier alpha value is -2.08. The molecule has 1 aromatic heterocycles. The molecular formula is C19H22N2O3S. The number of thiophene rings is 1. The summed E-state index contributed by atoms with van der Waals surface area (Å²) >= 11 is 1.57. The Balaban J connectivity index is 1.55. The van der Waals surface area contributed by atoms with Gasteiger partial charge in [0, 0.05) is 31.3 Å². The van der Waals surface area contributed by atoms with Crippen molar-refractivity contribution < 1.29 is 14.3 Å². The molecule has 0 saturated carbocycles. The van der Waals surface area contributed by atoms with E-state index in [2.05, 4.69) is 12.1 Å². The van der Waals surface area contributed by atoms with Crippen LogP contribution in [0.5, 0.6) is 0 Å². The number of benzene rings is 1. The fourth-order valence-electron chi connectivity index (χ4n) is 3.94. The first-order valence-corrected chi connectivity index (χ1v) is 9.52. The summed E-state index contributed by atoms with van der Waals surface area (Å²) in [5.41, 5.74) is 0.646. The lowest BCUT2D eigenvalue weighted by Gasteiger charge is -2.25. The van der Waals surface area contributed by atoms with Crippen LogP contribution in [0.25, 0.3) is 10.1 Å². The Kier molecular flexibility index (Phi) is 3.95. The van der Waals surface area contributed by atoms with Crippen molar-refractivity contribution in [2.75, 3.05) is 26.7 Å². The molecule has 0 radical (unpaired) electrons. The minimum absolute atomic E-state index is 0.105. The fourth-order valence-corrected chi connectivity index (χ4v) is 5.12. The van der Waals surface area contributed by atoms with Gasteiger partial charge in [-0.15, -0.1) is 11.3 Å². The van der Waals surface area contributed by atoms with Gasteiger partial charge >= 0.3 is 6.09 Å². The predicted molar refractivity (Wildman–Crippen MR) is 98.2 cm³/mol. The van der Waals surface area contributed by atoms with Crippen molar-refractivity contribution in [2.45, 2.75) is 31.8 Å². The molecule has 2 aliphatic heterocycles. The van der Waals surface area contributed by atoms with Gasteiger partial charge in [0.05, 0.1) is 11.4 Å². The topological polar surface area (TPSA) is 49.9 Å². The minimum Gasteiger partial charge on any atom is -0.441 e. The largest absolute Gasteiger partial charge is 0.441 e. The van der Waals surface area contributed by atoms with E-state index in [-0.39, 0.29) is 12.0 Å². The first kappa shape index (κ1) is 16.4. The van der Waals surface area contributed by atoms with Gasteiger partial charge in [-0.2, -0.15) is 0 Å². The van der Waals surface area contributed by atoms with Gasteiger partial charge in [-0.25, -0.2) is 4.79 Å². The molecular weight excluding hydrogens is 336 g/mol. The van der Waals surface area contributed by atoms with Crippen molar-refractivity contribution in [1.82, 2.24) is 9.80 Å². The van der Waals surface area contributed by atoms with Crippen LogP contribution in [0.3, 0.4) is 0 Å². The fraction of sp³-hybridized carbons (Fsp3) is 0.474. The van der Waals surface area contributed by atoms with Gasteiger partial charge in [0.25, 0.3) is 5.91 Å². The molecule has 2 amide bonds. The van der Waals surface area contributed by atoms with E-state index in [1.165, 1.54) is 0 Å². The van der Waals surface area contributed by atoms with Crippen LogP contribution < -0.4 is 0 Å². The number of likely N-dealkylation sites (N-methyl/N-ethyl adjacent to an activating group) is 1. The maximum Gasteiger partial charge on any atom is 0.410 e. The van der Waals surface area contributed by atoms with E-state index in [1.807, 2.05) is 24.0 Å². The zero-order chi connectivity index (χ0) is 17.6. The molecule has 25 heavy (non-hydrogen) atoms. The monoisotopic (exact) mass is 358 g/mol. The SMILES string of the molecule is Cc1c(C(=O)N2CCC[C@]3(CC2)CN(C)C(=O)O3)sc2ccccc12. The molecule has 1 atom stereocenters. The van der Waals surface area contributed by atoms with Crippen molar-refractivity contribution in [2.24, 2.45) is 0 Å². The Morgan fingerprint density at radius 1 is 1.24 bits per heavy atom. The third kappa shape index (κ3) is 2.78. The minimum atomic E-state index is -0.421. The molecule has 2 aromatic rings. The van der Waals surface area contributed by atoms with Crippen LogP contribution in [0.15, 0.2) is 24.3 Å². The second kappa shape index (κ2) is 6.02. The van der Waals surface area contributed by atoms with Crippen molar-refractivity contribution in [1.29, 1.82) is 0 Å². The average Bonchev–Trinajstić information content (AvgIpc) is 2.98. The molecule has 0 N–H and O–H groups in total. The van der Waals surface area contributed by atoms with Crippen molar-refractivity contribution in [3.8, 4) is 0 Å². The van der Waals surface area contributed by atoms with Gasteiger partial charge in [-0.05, 0) is 36.8 Å². The number of carbonyl (C=O) groups is 2. The number of aryl methyl sites for hydroxylation is 1. The first-order chi connectivity index (χ1) is 12.0. The number of hydrogen-bond acceptors (Lipinski definition) is 4. The number of likely N-dealkylation sites (tertiary alicyclic amines) is 1. The standard InChI is InChI=1S/C19H22N2O3S/c1-13-14-6-3-4-7-15(14)25-16(13)17(22)21-10-5-8-19(9-11-21)12-20(2)18(23)24-19/h3-4,6-7H,5,8-12H2,1-2H3/t19-/m0/s1. The quantitative estimate of drug-likeness (QED) is 0.782. The normalized spacial score (nSPS) is 24.0. The van der Waals surface area contributed by atoms with E-state index in [0.717, 1.165) is 39.9 Å². The highest BCUT2D eigenvalue weighted by atomic mass is 32.1. The lowest BCUT2D eigenvalue weighted by Crippen LogP contribution is -2.36. The van der Waals surface area contributed by atoms with E-state index >= 15 is 0 Å². The van der Waals surface area contributed by atoms with Gasteiger partial charge in [0.1, 0.15) is 5.60 Å². The summed E-state index contributed by atoms with van der Waals surface area (Å²) in [4.78, 5) is 29.3. The number of carbonyl (C=O) groups excluding carboxylic acids is 2. The molecule has 2 aliphatic rings. The van der Waals surface area contributed by atoms with E-state index in [1.54, 1.807) is 23.3 Å². The van der Waals surface area contributed by atoms with Crippen molar-refractivity contribution in [3.63, 3.8) is 0 Å². The third-order valence-corrected chi connectivity index (χ3v) is 6.62. The van der Waals surface area contributed by atoms with Crippen LogP contribution in [0.1, 0.15) is 34.5 Å². The van der Waals surface area contributed by atoms with Gasteiger partial charge in [-0.3, -0.25) is 4.79 Å². The lowest BCUT2D eigenvalue weighted by molar-refractivity contribution is 0.0439. The Morgan fingerprint density at radius 3 is 2.76 bits per heavy atom. The molecule has 2 fully saturated rings. The summed E-state index contributed by atoms with van der Waals surface area (Å²) in [5.74, 6) is 0.105. The van der Waals surface area contributed by atoms with E-state index < -0.39 is 5.60 Å². The molecule has 132 valence electrons. The maximum absolute atomic E-state index is 13.1. The summed E-state index contributed by atoms with van der Waals surface area (Å²) in [6.45, 7) is 4.00. The highest BCUT2D eigenvalue weighted by Gasteiger charge is 2.44. The third-order valence-electron chi connectivity index (χ3n) is 5.36. The Labute approximate surface area is 151 Å². The maximum atomic E-state index is 13.1. The zero-order valence-corrected chi connectivity index (χ0v) is 15.4. The summed E-state index contributed by atoms with van der Waals surface area (Å²) in [6.07, 6.45) is 2.13. The van der Waals surface area contributed by atoms with Gasteiger partial charge in [-0.1, -0.05) is 18.2 Å². The summed E-state index contributed by atoms with van der Waals surface area (Å²) in [5, 5.41) is 1.16. The van der Waals surface area contributed by atoms with Crippen molar-refractivity contribution >= 4 is 33.4 Å². The summed E-state index contributed by atoms with van der Waals surface area (Å²) in [7, 11) is 1.77. The smallest absolute Gasteiger partial charge is 0.410 e. The van der Waals surface area contributed by atoms with Crippen LogP contribution in [0, 0.1) is 6.92 Å². The first-order valence-electron chi connectivity index (χ1n) is 8.71. The van der Waals surface area contributed by atoms with E-state index in [0.29, 0.717) is 19.5 Å². The van der Waals surface area contributed by atoms with Crippen LogP contribution in [-0.2, 0) is 4.74 Å². The number of ether oxygens (including phenoxy) is 1. The number of hydrogen-bond donors (Lipinski definition) is 0. The Morgan fingerprint density at radius 2 is 2.04 bits per heavy atom. The molecule has 0 unspecified atom stereocenters. The molecule has 5 nitrogen and oxygen atoms in total. The summed E-state index contributed by atoms with van der Waals surface area (Å²) in [6, 6.07) is 8.16. The number of rotatable bonds is 1.